The van der Waals surface area contributed by atoms with Crippen molar-refractivity contribution in [2.75, 3.05) is 7.11 Å². The Morgan fingerprint density at radius 2 is 2.10 bits per heavy atom. The third kappa shape index (κ3) is 1.99. The second-order valence-corrected chi connectivity index (χ2v) is 5.01. The van der Waals surface area contributed by atoms with E-state index < -0.39 is 5.82 Å². The lowest BCUT2D eigenvalue weighted by Crippen LogP contribution is -1.94. The van der Waals surface area contributed by atoms with Gasteiger partial charge in [0.15, 0.2) is 4.77 Å². The van der Waals surface area contributed by atoms with Gasteiger partial charge in [0, 0.05) is 0 Å². The number of H-pyrrole nitrogens is 1. The molecule has 20 heavy (non-hydrogen) atoms. The number of hydrogen-bond acceptors (Lipinski definition) is 2. The summed E-state index contributed by atoms with van der Waals surface area (Å²) in [5, 5.41) is 0.0571. The standard InChI is InChI=1S/C14H10ClFN2OS/c1-19-12-4-2-3-11-13(12)17-14(20)18(11)8-5-6-10(16)9(15)7-8/h2-7H,1H3,(H,17,20). The molecule has 2 aromatic carbocycles. The summed E-state index contributed by atoms with van der Waals surface area (Å²) in [7, 11) is 1.60. The SMILES string of the molecule is COc1cccc2c1[nH]c(=S)n2-c1ccc(F)c(Cl)c1. The van der Waals surface area contributed by atoms with Gasteiger partial charge in [0.2, 0.25) is 0 Å². The zero-order chi connectivity index (χ0) is 14.3. The highest BCUT2D eigenvalue weighted by molar-refractivity contribution is 7.71. The molecule has 0 fully saturated rings. The topological polar surface area (TPSA) is 29.9 Å². The molecule has 1 heterocycles. The fourth-order valence-electron chi connectivity index (χ4n) is 2.15. The van der Waals surface area contributed by atoms with Gasteiger partial charge in [0.25, 0.3) is 0 Å². The summed E-state index contributed by atoms with van der Waals surface area (Å²) >= 11 is 11.2. The molecule has 0 aliphatic heterocycles. The van der Waals surface area contributed by atoms with E-state index in [1.54, 1.807) is 23.8 Å². The van der Waals surface area contributed by atoms with Crippen molar-refractivity contribution in [3.63, 3.8) is 0 Å². The first kappa shape index (κ1) is 13.1. The van der Waals surface area contributed by atoms with Crippen LogP contribution in [0.3, 0.4) is 0 Å². The number of aromatic amines is 1. The molecule has 1 aromatic heterocycles. The molecule has 0 amide bonds. The number of nitrogens with zero attached hydrogens (tertiary/aromatic N) is 1. The van der Waals surface area contributed by atoms with Crippen molar-refractivity contribution in [1.29, 1.82) is 0 Å². The van der Waals surface area contributed by atoms with E-state index in [1.165, 1.54) is 6.07 Å². The highest BCUT2D eigenvalue weighted by Crippen LogP contribution is 2.28. The first-order valence-corrected chi connectivity index (χ1v) is 6.63. The molecule has 0 saturated carbocycles. The van der Waals surface area contributed by atoms with Crippen molar-refractivity contribution < 1.29 is 9.13 Å². The van der Waals surface area contributed by atoms with Crippen LogP contribution in [0.25, 0.3) is 16.7 Å². The number of methoxy groups -OCH3 is 1. The molecule has 3 aromatic rings. The molecule has 0 atom stereocenters. The van der Waals surface area contributed by atoms with E-state index in [0.29, 0.717) is 16.2 Å². The molecular formula is C14H10ClFN2OS. The van der Waals surface area contributed by atoms with Crippen LogP contribution < -0.4 is 4.74 Å². The van der Waals surface area contributed by atoms with Gasteiger partial charge in [0.1, 0.15) is 17.1 Å². The lowest BCUT2D eigenvalue weighted by Gasteiger charge is -2.06. The van der Waals surface area contributed by atoms with Gasteiger partial charge in [-0.2, -0.15) is 0 Å². The van der Waals surface area contributed by atoms with Gasteiger partial charge in [-0.25, -0.2) is 4.39 Å². The van der Waals surface area contributed by atoms with Crippen LogP contribution in [-0.2, 0) is 0 Å². The number of aromatic nitrogens is 2. The van der Waals surface area contributed by atoms with Gasteiger partial charge in [-0.1, -0.05) is 17.7 Å². The van der Waals surface area contributed by atoms with Crippen LogP contribution in [-0.4, -0.2) is 16.7 Å². The fourth-order valence-corrected chi connectivity index (χ4v) is 2.63. The van der Waals surface area contributed by atoms with Crippen molar-refractivity contribution in [1.82, 2.24) is 9.55 Å². The largest absolute Gasteiger partial charge is 0.494 e. The molecule has 102 valence electrons. The number of halogens is 2. The zero-order valence-corrected chi connectivity index (χ0v) is 12.1. The number of ether oxygens (including phenoxy) is 1. The second kappa shape index (κ2) is 4.92. The number of nitrogens with one attached hydrogen (secondary N) is 1. The van der Waals surface area contributed by atoms with Crippen molar-refractivity contribution in [2.45, 2.75) is 0 Å². The van der Waals surface area contributed by atoms with Crippen LogP contribution in [0.15, 0.2) is 36.4 Å². The minimum Gasteiger partial charge on any atom is -0.494 e. The van der Waals surface area contributed by atoms with Crippen molar-refractivity contribution in [3.8, 4) is 11.4 Å². The van der Waals surface area contributed by atoms with E-state index in [2.05, 4.69) is 4.98 Å². The maximum atomic E-state index is 13.3. The third-order valence-electron chi connectivity index (χ3n) is 3.06. The van der Waals surface area contributed by atoms with E-state index in [9.17, 15) is 4.39 Å². The van der Waals surface area contributed by atoms with Gasteiger partial charge >= 0.3 is 0 Å². The van der Waals surface area contributed by atoms with Gasteiger partial charge in [-0.15, -0.1) is 0 Å². The number of rotatable bonds is 2. The Hall–Kier alpha value is -1.85. The van der Waals surface area contributed by atoms with Crippen molar-refractivity contribution in [2.24, 2.45) is 0 Å². The Morgan fingerprint density at radius 3 is 2.80 bits per heavy atom. The van der Waals surface area contributed by atoms with Crippen LogP contribution in [0.2, 0.25) is 5.02 Å². The summed E-state index contributed by atoms with van der Waals surface area (Å²) in [6.45, 7) is 0. The maximum absolute atomic E-state index is 13.3. The average Bonchev–Trinajstić information content (AvgIpc) is 2.78. The van der Waals surface area contributed by atoms with E-state index in [-0.39, 0.29) is 5.02 Å². The first-order valence-electron chi connectivity index (χ1n) is 5.85. The smallest absolute Gasteiger partial charge is 0.182 e. The van der Waals surface area contributed by atoms with E-state index in [4.69, 9.17) is 28.6 Å². The Bertz CT molecular complexity index is 856. The maximum Gasteiger partial charge on any atom is 0.182 e. The normalized spacial score (nSPS) is 10.9. The minimum absolute atomic E-state index is 0.0571. The molecule has 0 aliphatic carbocycles. The molecule has 0 bridgehead atoms. The molecule has 3 rings (SSSR count). The Morgan fingerprint density at radius 1 is 1.30 bits per heavy atom. The number of para-hydroxylation sites is 1. The van der Waals surface area contributed by atoms with Crippen LogP contribution in [0.1, 0.15) is 0 Å². The molecule has 6 heteroatoms. The van der Waals surface area contributed by atoms with Gasteiger partial charge in [0.05, 0.1) is 23.3 Å². The predicted octanol–water partition coefficient (Wildman–Crippen LogP) is 4.49. The summed E-state index contributed by atoms with van der Waals surface area (Å²) in [6.07, 6.45) is 0. The molecule has 1 N–H and O–H groups in total. The Kier molecular flexibility index (Phi) is 3.23. The van der Waals surface area contributed by atoms with Crippen LogP contribution in [0.4, 0.5) is 4.39 Å². The predicted molar refractivity (Wildman–Crippen MR) is 80.0 cm³/mol. The lowest BCUT2D eigenvalue weighted by atomic mass is 10.2. The molecular weight excluding hydrogens is 299 g/mol. The Balaban J connectivity index is 2.33. The number of imidazole rings is 1. The number of fused-ring (bicyclic) bond motifs is 1. The zero-order valence-electron chi connectivity index (χ0n) is 10.5. The van der Waals surface area contributed by atoms with E-state index >= 15 is 0 Å². The van der Waals surface area contributed by atoms with Gasteiger partial charge in [-0.3, -0.25) is 4.57 Å². The van der Waals surface area contributed by atoms with E-state index in [0.717, 1.165) is 11.0 Å². The van der Waals surface area contributed by atoms with E-state index in [1.807, 2.05) is 18.2 Å². The van der Waals surface area contributed by atoms with Crippen LogP contribution in [0, 0.1) is 10.6 Å². The molecule has 0 aliphatic rings. The summed E-state index contributed by atoms with van der Waals surface area (Å²) in [4.78, 5) is 3.10. The molecule has 0 spiro atoms. The van der Waals surface area contributed by atoms with Crippen molar-refractivity contribution in [3.05, 3.63) is 52.0 Å². The van der Waals surface area contributed by atoms with Gasteiger partial charge < -0.3 is 9.72 Å². The lowest BCUT2D eigenvalue weighted by molar-refractivity contribution is 0.419. The fraction of sp³-hybridized carbons (Fsp3) is 0.0714. The summed E-state index contributed by atoms with van der Waals surface area (Å²) in [5.74, 6) is 0.236. The second-order valence-electron chi connectivity index (χ2n) is 4.22. The Labute approximate surface area is 124 Å². The average molecular weight is 309 g/mol. The summed E-state index contributed by atoms with van der Waals surface area (Å²) < 4.78 is 20.9. The molecule has 0 saturated heterocycles. The van der Waals surface area contributed by atoms with Crippen LogP contribution in [0.5, 0.6) is 5.75 Å². The van der Waals surface area contributed by atoms with Crippen LogP contribution >= 0.6 is 23.8 Å². The molecule has 3 nitrogen and oxygen atoms in total. The third-order valence-corrected chi connectivity index (χ3v) is 3.64. The number of benzene rings is 2. The first-order chi connectivity index (χ1) is 9.61. The molecule has 0 unspecified atom stereocenters. The van der Waals surface area contributed by atoms with Crippen molar-refractivity contribution >= 4 is 34.9 Å². The van der Waals surface area contributed by atoms with Gasteiger partial charge in [-0.05, 0) is 42.5 Å². The quantitative estimate of drug-likeness (QED) is 0.707. The summed E-state index contributed by atoms with van der Waals surface area (Å²) in [5.41, 5.74) is 2.33. The monoisotopic (exact) mass is 308 g/mol. The number of hydrogen-bond donors (Lipinski definition) is 1. The summed E-state index contributed by atoms with van der Waals surface area (Å²) in [6, 6.07) is 10.1. The molecule has 0 radical (unpaired) electrons. The highest BCUT2D eigenvalue weighted by Gasteiger charge is 2.11. The highest BCUT2D eigenvalue weighted by atomic mass is 35.5. The minimum atomic E-state index is -0.459.